The van der Waals surface area contributed by atoms with Gasteiger partial charge in [0, 0.05) is 23.7 Å². The van der Waals surface area contributed by atoms with E-state index < -0.39 is 0 Å². The van der Waals surface area contributed by atoms with Gasteiger partial charge in [-0.05, 0) is 74.7 Å². The lowest BCUT2D eigenvalue weighted by Gasteiger charge is -2.59. The maximum absolute atomic E-state index is 14.2. The summed E-state index contributed by atoms with van der Waals surface area (Å²) in [5.74, 6) is 2.62. The van der Waals surface area contributed by atoms with Crippen molar-refractivity contribution in [3.8, 4) is 11.3 Å². The molecule has 4 aliphatic rings. The van der Waals surface area contributed by atoms with Crippen molar-refractivity contribution in [1.82, 2.24) is 20.3 Å². The van der Waals surface area contributed by atoms with Gasteiger partial charge in [-0.15, -0.1) is 0 Å². The SMILES string of the molecule is C[C@@H](NCc1nn(Cc2ccccc2F)nc1-c1ccccc1)C12CC3CC(CC(C3)C1)C2. The maximum atomic E-state index is 14.2. The lowest BCUT2D eigenvalue weighted by Crippen LogP contribution is -2.54. The van der Waals surface area contributed by atoms with Gasteiger partial charge in [0.1, 0.15) is 17.2 Å². The van der Waals surface area contributed by atoms with Crippen LogP contribution in [-0.2, 0) is 13.1 Å². The van der Waals surface area contributed by atoms with E-state index in [1.807, 2.05) is 24.3 Å². The number of nitrogens with zero attached hydrogens (tertiary/aromatic N) is 3. The van der Waals surface area contributed by atoms with E-state index in [9.17, 15) is 4.39 Å². The predicted octanol–water partition coefficient (Wildman–Crippen LogP) is 5.83. The summed E-state index contributed by atoms with van der Waals surface area (Å²) in [6, 6.07) is 17.5. The highest BCUT2D eigenvalue weighted by Gasteiger charge is 2.52. The number of hydrogen-bond acceptors (Lipinski definition) is 3. The van der Waals surface area contributed by atoms with Crippen LogP contribution in [0.5, 0.6) is 0 Å². The first-order valence-electron chi connectivity index (χ1n) is 12.5. The molecule has 0 radical (unpaired) electrons. The molecule has 172 valence electrons. The molecular formula is C28H33FN4. The summed E-state index contributed by atoms with van der Waals surface area (Å²) in [7, 11) is 0. The van der Waals surface area contributed by atoms with Gasteiger partial charge in [0.2, 0.25) is 0 Å². The van der Waals surface area contributed by atoms with Crippen molar-refractivity contribution in [2.24, 2.45) is 23.2 Å². The molecule has 7 rings (SSSR count). The smallest absolute Gasteiger partial charge is 0.128 e. The van der Waals surface area contributed by atoms with Gasteiger partial charge in [-0.1, -0.05) is 48.5 Å². The molecule has 0 amide bonds. The van der Waals surface area contributed by atoms with Gasteiger partial charge in [-0.2, -0.15) is 15.0 Å². The average Bonchev–Trinajstić information content (AvgIpc) is 3.21. The van der Waals surface area contributed by atoms with Crippen LogP contribution in [-0.4, -0.2) is 21.0 Å². The Morgan fingerprint density at radius 1 is 0.939 bits per heavy atom. The summed E-state index contributed by atoms with van der Waals surface area (Å²) in [6.45, 7) is 3.40. The number of hydrogen-bond donors (Lipinski definition) is 1. The van der Waals surface area contributed by atoms with Crippen LogP contribution in [0.25, 0.3) is 11.3 Å². The molecule has 4 aliphatic carbocycles. The molecule has 4 saturated carbocycles. The Bertz CT molecular complexity index is 1090. The fraction of sp³-hybridized carbons (Fsp3) is 0.500. The van der Waals surface area contributed by atoms with Crippen LogP contribution in [0.4, 0.5) is 4.39 Å². The first-order valence-corrected chi connectivity index (χ1v) is 12.5. The first-order chi connectivity index (χ1) is 16.1. The molecule has 5 heteroatoms. The molecule has 3 aromatic rings. The maximum Gasteiger partial charge on any atom is 0.128 e. The quantitative estimate of drug-likeness (QED) is 0.499. The number of aromatic nitrogens is 3. The Kier molecular flexibility index (Phi) is 5.33. The van der Waals surface area contributed by atoms with Gasteiger partial charge in [0.25, 0.3) is 0 Å². The molecule has 0 saturated heterocycles. The lowest BCUT2D eigenvalue weighted by atomic mass is 9.48. The molecule has 4 fully saturated rings. The highest BCUT2D eigenvalue weighted by atomic mass is 19.1. The van der Waals surface area contributed by atoms with Crippen molar-refractivity contribution in [2.75, 3.05) is 0 Å². The van der Waals surface area contributed by atoms with Crippen LogP contribution >= 0.6 is 0 Å². The fourth-order valence-corrected chi connectivity index (χ4v) is 7.35. The van der Waals surface area contributed by atoms with Gasteiger partial charge in [0.15, 0.2) is 0 Å². The summed E-state index contributed by atoms with van der Waals surface area (Å²) in [4.78, 5) is 1.65. The molecule has 1 N–H and O–H groups in total. The van der Waals surface area contributed by atoms with Crippen LogP contribution in [0.1, 0.15) is 56.7 Å². The van der Waals surface area contributed by atoms with E-state index in [0.717, 1.165) is 34.7 Å². The van der Waals surface area contributed by atoms with Crippen LogP contribution in [0, 0.1) is 29.0 Å². The summed E-state index contributed by atoms with van der Waals surface area (Å²) in [6.07, 6.45) is 8.56. The summed E-state index contributed by atoms with van der Waals surface area (Å²) >= 11 is 0. The third kappa shape index (κ3) is 4.01. The largest absolute Gasteiger partial charge is 0.308 e. The van der Waals surface area contributed by atoms with Crippen molar-refractivity contribution in [1.29, 1.82) is 0 Å². The lowest BCUT2D eigenvalue weighted by molar-refractivity contribution is -0.0707. The van der Waals surface area contributed by atoms with E-state index in [4.69, 9.17) is 10.2 Å². The topological polar surface area (TPSA) is 42.7 Å². The number of benzene rings is 2. The minimum atomic E-state index is -0.217. The molecule has 1 aromatic heterocycles. The highest BCUT2D eigenvalue weighted by Crippen LogP contribution is 2.61. The highest BCUT2D eigenvalue weighted by molar-refractivity contribution is 5.60. The molecule has 0 aliphatic heterocycles. The normalized spacial score (nSPS) is 28.8. The zero-order valence-corrected chi connectivity index (χ0v) is 19.4. The second kappa shape index (κ2) is 8.35. The summed E-state index contributed by atoms with van der Waals surface area (Å²) < 4.78 is 14.2. The van der Waals surface area contributed by atoms with Gasteiger partial charge in [-0.25, -0.2) is 4.39 Å². The number of nitrogens with one attached hydrogen (secondary N) is 1. The third-order valence-electron chi connectivity index (χ3n) is 8.62. The van der Waals surface area contributed by atoms with Crippen molar-refractivity contribution in [3.05, 3.63) is 71.7 Å². The van der Waals surface area contributed by atoms with Crippen molar-refractivity contribution in [3.63, 3.8) is 0 Å². The van der Waals surface area contributed by atoms with E-state index in [2.05, 4.69) is 24.4 Å². The summed E-state index contributed by atoms with van der Waals surface area (Å²) in [5, 5.41) is 13.5. The monoisotopic (exact) mass is 444 g/mol. The average molecular weight is 445 g/mol. The van der Waals surface area contributed by atoms with Gasteiger partial charge < -0.3 is 5.32 Å². The molecule has 0 spiro atoms. The summed E-state index contributed by atoms with van der Waals surface area (Å²) in [5.41, 5.74) is 3.93. The molecule has 1 atom stereocenters. The van der Waals surface area contributed by atoms with Gasteiger partial charge in [-0.3, -0.25) is 0 Å². The predicted molar refractivity (Wildman–Crippen MR) is 128 cm³/mol. The Hall–Kier alpha value is -2.53. The second-order valence-corrected chi connectivity index (χ2v) is 10.9. The van der Waals surface area contributed by atoms with Crippen molar-refractivity contribution in [2.45, 2.75) is 64.6 Å². The molecular weight excluding hydrogens is 411 g/mol. The molecule has 33 heavy (non-hydrogen) atoms. The Morgan fingerprint density at radius 2 is 1.58 bits per heavy atom. The van der Waals surface area contributed by atoms with Crippen LogP contribution in [0.2, 0.25) is 0 Å². The number of halogens is 1. The number of rotatable bonds is 7. The van der Waals surface area contributed by atoms with E-state index in [1.54, 1.807) is 16.9 Å². The zero-order valence-electron chi connectivity index (χ0n) is 19.4. The first kappa shape index (κ1) is 21.0. The minimum Gasteiger partial charge on any atom is -0.308 e. The molecule has 4 bridgehead atoms. The third-order valence-corrected chi connectivity index (χ3v) is 8.62. The van der Waals surface area contributed by atoms with E-state index >= 15 is 0 Å². The second-order valence-electron chi connectivity index (χ2n) is 10.9. The van der Waals surface area contributed by atoms with Crippen molar-refractivity contribution < 1.29 is 4.39 Å². The van der Waals surface area contributed by atoms with Gasteiger partial charge in [0.05, 0.1) is 6.54 Å². The Balaban J connectivity index is 1.24. The Morgan fingerprint density at radius 3 is 2.24 bits per heavy atom. The standard InChI is InChI=1S/C28H33FN4/c1-19(28-14-20-11-21(15-28)13-22(12-20)16-28)30-17-26-27(23-7-3-2-4-8-23)32-33(31-26)18-24-9-5-6-10-25(24)29/h2-10,19-22,30H,11-18H2,1H3/t19-,20?,21?,22?,28?/m1/s1. The van der Waals surface area contributed by atoms with Crippen LogP contribution in [0.3, 0.4) is 0 Å². The van der Waals surface area contributed by atoms with E-state index in [-0.39, 0.29) is 5.82 Å². The molecule has 0 unspecified atom stereocenters. The van der Waals surface area contributed by atoms with Crippen LogP contribution in [0.15, 0.2) is 54.6 Å². The molecule has 1 heterocycles. The minimum absolute atomic E-state index is 0.217. The zero-order chi connectivity index (χ0) is 22.4. The van der Waals surface area contributed by atoms with E-state index in [1.165, 1.54) is 44.6 Å². The van der Waals surface area contributed by atoms with Crippen molar-refractivity contribution >= 4 is 0 Å². The van der Waals surface area contributed by atoms with Crippen LogP contribution < -0.4 is 5.32 Å². The van der Waals surface area contributed by atoms with E-state index in [0.29, 0.717) is 30.1 Å². The Labute approximate surface area is 195 Å². The fourth-order valence-electron chi connectivity index (χ4n) is 7.35. The molecule has 2 aromatic carbocycles. The van der Waals surface area contributed by atoms with Gasteiger partial charge >= 0.3 is 0 Å². The molecule has 4 nitrogen and oxygen atoms in total.